The number of hydrogen-bond donors (Lipinski definition) is 16. The first-order valence-electron chi connectivity index (χ1n) is 26.6. The van der Waals surface area contributed by atoms with E-state index in [1.807, 2.05) is 6.92 Å². The van der Waals surface area contributed by atoms with Crippen LogP contribution in [0.15, 0.2) is 12.2 Å². The van der Waals surface area contributed by atoms with Gasteiger partial charge in [-0.3, -0.25) is 4.79 Å². The van der Waals surface area contributed by atoms with Gasteiger partial charge in [0.15, 0.2) is 18.9 Å². The summed E-state index contributed by atoms with van der Waals surface area (Å²) in [6.45, 7) is 4.67. The molecule has 436 valence electrons. The number of ether oxygens (including phenoxy) is 9. The zero-order valence-electron chi connectivity index (χ0n) is 42.6. The lowest BCUT2D eigenvalue weighted by Gasteiger charge is -2.64. The van der Waals surface area contributed by atoms with E-state index in [1.165, 1.54) is 0 Å². The minimum absolute atomic E-state index is 0.0353. The van der Waals surface area contributed by atoms with Crippen LogP contribution in [0.1, 0.15) is 78.1 Å². The monoisotopic (exact) mass is 1100 g/mol. The molecule has 0 radical (unpaired) electrons. The second kappa shape index (κ2) is 22.5. The molecule has 0 aromatic rings. The molecule has 5 aliphatic heterocycles. The third-order valence-electron chi connectivity index (χ3n) is 19.3. The summed E-state index contributed by atoms with van der Waals surface area (Å²) in [7, 11) is 0. The smallest absolute Gasteiger partial charge is 0.314 e. The van der Waals surface area contributed by atoms with E-state index in [2.05, 4.69) is 13.5 Å². The molecule has 30 atom stereocenters. The number of aliphatic hydroxyl groups excluding tert-OH is 16. The first-order valence-corrected chi connectivity index (χ1v) is 26.6. The molecule has 4 saturated carbocycles. The maximum atomic E-state index is 15.0. The van der Waals surface area contributed by atoms with Gasteiger partial charge < -0.3 is 124 Å². The first-order chi connectivity index (χ1) is 36.0. The molecule has 5 heterocycles. The quantitative estimate of drug-likeness (QED) is 0.0437. The number of fused-ring (bicyclic) bond motifs is 3. The third kappa shape index (κ3) is 9.92. The summed E-state index contributed by atoms with van der Waals surface area (Å²) >= 11 is 0. The van der Waals surface area contributed by atoms with Crippen LogP contribution in [0, 0.1) is 34.0 Å². The van der Waals surface area contributed by atoms with Crippen molar-refractivity contribution in [3.63, 3.8) is 0 Å². The van der Waals surface area contributed by atoms with Crippen molar-refractivity contribution in [1.82, 2.24) is 0 Å². The molecule has 9 fully saturated rings. The highest BCUT2D eigenvalue weighted by Crippen LogP contribution is 2.74. The van der Waals surface area contributed by atoms with Crippen LogP contribution in [0.5, 0.6) is 0 Å². The fraction of sp³-hybridized carbons (Fsp3) is 0.940. The molecule has 9 aliphatic rings. The van der Waals surface area contributed by atoms with Crippen molar-refractivity contribution in [2.75, 3.05) is 33.0 Å². The fourth-order valence-corrected chi connectivity index (χ4v) is 15.3. The number of rotatable bonds is 14. The van der Waals surface area contributed by atoms with Crippen LogP contribution in [0.2, 0.25) is 0 Å². The Morgan fingerprint density at radius 3 is 1.74 bits per heavy atom. The van der Waals surface area contributed by atoms with Gasteiger partial charge in [-0.15, -0.1) is 0 Å². The number of hydrogen-bond acceptors (Lipinski definition) is 26. The van der Waals surface area contributed by atoms with E-state index in [9.17, 15) is 86.5 Å². The third-order valence-corrected chi connectivity index (χ3v) is 19.3. The predicted octanol–water partition coefficient (Wildman–Crippen LogP) is -5.99. The number of esters is 1. The van der Waals surface area contributed by atoms with Crippen molar-refractivity contribution in [1.29, 1.82) is 0 Å². The van der Waals surface area contributed by atoms with Gasteiger partial charge in [-0.2, -0.15) is 0 Å². The van der Waals surface area contributed by atoms with Crippen molar-refractivity contribution < 1.29 is 129 Å². The minimum atomic E-state index is -1.94. The van der Waals surface area contributed by atoms with E-state index in [1.54, 1.807) is 0 Å². The molecular weight excluding hydrogens is 1020 g/mol. The molecule has 4 aliphatic carbocycles. The SMILES string of the molecule is C=C1CC23CC[C@@H]4[C@](C)(C(=O)O[C@@H]5O[C@H](CO)[C@@H](O)[C@H](O)[C@H]5C5O[C@H](CO)[C@@H](O)[C@H](O)[C@H]5O)CCC[C@@]4(C)C2CC[C@]1(O[C@@H]1O[C@H](CO)[C@@H](O)[C@H](O[C@@H]2O[C@H](CO)[C@@H](O)[C@H](O)[C@H]2O)[C@H]1O[C@@H]1O[C@H](CO)[C@@H](O)C[C@H]1O)C3. The van der Waals surface area contributed by atoms with Gasteiger partial charge in [0, 0.05) is 6.42 Å². The fourth-order valence-electron chi connectivity index (χ4n) is 15.3. The Morgan fingerprint density at radius 1 is 0.553 bits per heavy atom. The van der Waals surface area contributed by atoms with Gasteiger partial charge in [-0.05, 0) is 86.5 Å². The Labute approximate surface area is 438 Å². The Morgan fingerprint density at radius 2 is 1.09 bits per heavy atom. The molecule has 2 bridgehead atoms. The van der Waals surface area contributed by atoms with Gasteiger partial charge in [0.2, 0.25) is 6.29 Å². The standard InChI is InChI=1S/C50H80O26/c1-19-12-49-9-5-27-47(2,7-4-8-48(27,3)46(67)75-43-29(34(62)30(58)24(15-53)70-43)39-37(65)35(63)31(59)23(14-52)68-39)28(49)6-10-50(19,18-49)76-45-41(74-42-21(57)11-20(56)22(13-51)69-42)40(33(61)26(17-55)72-45)73-44-38(66)36(64)32(60)25(16-54)71-44/h20-45,51-66H,1,4-18H2,2-3H3/t20-,21+,22+,23+,24+,25+,26+,27-,28?,29-,30+,31+,32+,33+,34+,35-,36-,37+,38+,39?,40-,41+,42-,43-,44-,45-,47+,48+,49?,50-/m0/s1. The maximum absolute atomic E-state index is 15.0. The van der Waals surface area contributed by atoms with Crippen LogP contribution in [-0.2, 0) is 47.4 Å². The van der Waals surface area contributed by atoms with Crippen LogP contribution >= 0.6 is 0 Å². The van der Waals surface area contributed by atoms with Crippen molar-refractivity contribution in [3.05, 3.63) is 12.2 Å². The van der Waals surface area contributed by atoms with Crippen LogP contribution < -0.4 is 0 Å². The van der Waals surface area contributed by atoms with E-state index >= 15 is 0 Å². The average Bonchev–Trinajstić information content (AvgIpc) is 3.64. The largest absolute Gasteiger partial charge is 0.435 e. The summed E-state index contributed by atoms with van der Waals surface area (Å²) in [5.74, 6) is -2.61. The highest BCUT2D eigenvalue weighted by atomic mass is 16.8. The Hall–Kier alpha value is -1.75. The first kappa shape index (κ1) is 58.9. The lowest BCUT2D eigenvalue weighted by atomic mass is 9.41. The number of carbonyl (C=O) groups excluding carboxylic acids is 1. The van der Waals surface area contributed by atoms with E-state index in [-0.39, 0.29) is 18.3 Å². The highest BCUT2D eigenvalue weighted by Gasteiger charge is 2.70. The molecule has 0 aromatic carbocycles. The summed E-state index contributed by atoms with van der Waals surface area (Å²) in [5, 5.41) is 171. The molecule has 26 nitrogen and oxygen atoms in total. The molecule has 3 unspecified atom stereocenters. The van der Waals surface area contributed by atoms with Gasteiger partial charge in [-0.1, -0.05) is 19.9 Å². The van der Waals surface area contributed by atoms with Gasteiger partial charge in [0.1, 0.15) is 97.7 Å². The number of aliphatic hydroxyl groups is 16. The van der Waals surface area contributed by atoms with E-state index < -0.39 is 208 Å². The van der Waals surface area contributed by atoms with Crippen molar-refractivity contribution in [2.45, 2.75) is 225 Å². The van der Waals surface area contributed by atoms with E-state index in [4.69, 9.17) is 42.6 Å². The average molecular weight is 1100 g/mol. The van der Waals surface area contributed by atoms with Crippen molar-refractivity contribution >= 4 is 5.97 Å². The van der Waals surface area contributed by atoms with Gasteiger partial charge in [-0.25, -0.2) is 0 Å². The van der Waals surface area contributed by atoms with Crippen molar-refractivity contribution in [2.24, 2.45) is 34.0 Å². The van der Waals surface area contributed by atoms with E-state index in [0.29, 0.717) is 56.9 Å². The molecule has 0 aromatic heterocycles. The zero-order valence-corrected chi connectivity index (χ0v) is 42.6. The summed E-state index contributed by atoms with van der Waals surface area (Å²) < 4.78 is 55.2. The summed E-state index contributed by atoms with van der Waals surface area (Å²) in [6.07, 6.45) is -33.6. The summed E-state index contributed by atoms with van der Waals surface area (Å²) in [4.78, 5) is 15.0. The molecule has 26 heteroatoms. The topological polar surface area (TPSA) is 424 Å². The van der Waals surface area contributed by atoms with Gasteiger partial charge >= 0.3 is 5.97 Å². The Balaban J connectivity index is 0.975. The second-order valence-electron chi connectivity index (χ2n) is 23.6. The Bertz CT molecular complexity index is 2020. The van der Waals surface area contributed by atoms with Crippen LogP contribution in [0.25, 0.3) is 0 Å². The van der Waals surface area contributed by atoms with Crippen LogP contribution in [-0.4, -0.2) is 267 Å². The molecule has 9 rings (SSSR count). The minimum Gasteiger partial charge on any atom is -0.435 e. The summed E-state index contributed by atoms with van der Waals surface area (Å²) in [6, 6.07) is 0. The zero-order chi connectivity index (χ0) is 55.1. The number of carbonyl (C=O) groups is 1. The maximum Gasteiger partial charge on any atom is 0.314 e. The second-order valence-corrected chi connectivity index (χ2v) is 23.6. The molecule has 16 N–H and O–H groups in total. The molecule has 76 heavy (non-hydrogen) atoms. The normalized spacial score (nSPS) is 54.6. The Kier molecular flexibility index (Phi) is 17.5. The van der Waals surface area contributed by atoms with Gasteiger partial charge in [0.25, 0.3) is 0 Å². The summed E-state index contributed by atoms with van der Waals surface area (Å²) in [5.41, 5.74) is -2.61. The highest BCUT2D eigenvalue weighted by molar-refractivity contribution is 5.77. The molecule has 5 saturated heterocycles. The lowest BCUT2D eigenvalue weighted by molar-refractivity contribution is -0.395. The van der Waals surface area contributed by atoms with Crippen LogP contribution in [0.3, 0.4) is 0 Å². The molecule has 1 spiro atoms. The van der Waals surface area contributed by atoms with Crippen molar-refractivity contribution in [3.8, 4) is 0 Å². The van der Waals surface area contributed by atoms with Gasteiger partial charge in [0.05, 0.1) is 68.3 Å². The van der Waals surface area contributed by atoms with E-state index in [0.717, 1.165) is 6.42 Å². The molecule has 0 amide bonds. The predicted molar refractivity (Wildman–Crippen MR) is 249 cm³/mol. The molecular formula is C50H80O26. The van der Waals surface area contributed by atoms with Crippen LogP contribution in [0.4, 0.5) is 0 Å². The lowest BCUT2D eigenvalue weighted by Crippen LogP contribution is -2.68.